The maximum atomic E-state index is 12.6. The summed E-state index contributed by atoms with van der Waals surface area (Å²) in [6.07, 6.45) is 0.779. The SMILES string of the molecule is COCC(C)n1c(C)cc(C(=O)COC(=O)c2ccc3c(c2)CCO3)c1C. The van der Waals surface area contributed by atoms with Crippen LogP contribution in [0.3, 0.4) is 0 Å². The molecule has 1 unspecified atom stereocenters. The molecular formula is C21H25NO5. The lowest BCUT2D eigenvalue weighted by Gasteiger charge is -2.17. The van der Waals surface area contributed by atoms with Gasteiger partial charge in [0, 0.05) is 30.5 Å². The molecule has 0 amide bonds. The number of rotatable bonds is 7. The zero-order chi connectivity index (χ0) is 19.6. The summed E-state index contributed by atoms with van der Waals surface area (Å²) in [5.74, 6) is 0.0941. The summed E-state index contributed by atoms with van der Waals surface area (Å²) >= 11 is 0. The van der Waals surface area contributed by atoms with Crippen LogP contribution in [0.2, 0.25) is 0 Å². The van der Waals surface area contributed by atoms with E-state index in [1.54, 1.807) is 25.3 Å². The topological polar surface area (TPSA) is 66.8 Å². The van der Waals surface area contributed by atoms with Gasteiger partial charge in [0.15, 0.2) is 6.61 Å². The Labute approximate surface area is 159 Å². The van der Waals surface area contributed by atoms with Crippen LogP contribution in [0.5, 0.6) is 5.75 Å². The number of fused-ring (bicyclic) bond motifs is 1. The Hall–Kier alpha value is -2.60. The Morgan fingerprint density at radius 1 is 1.26 bits per heavy atom. The molecule has 0 fully saturated rings. The van der Waals surface area contributed by atoms with E-state index < -0.39 is 5.97 Å². The van der Waals surface area contributed by atoms with E-state index in [1.165, 1.54) is 0 Å². The second kappa shape index (κ2) is 7.96. The Kier molecular flexibility index (Phi) is 5.65. The molecule has 27 heavy (non-hydrogen) atoms. The van der Waals surface area contributed by atoms with Crippen LogP contribution in [0.1, 0.15) is 50.6 Å². The third kappa shape index (κ3) is 3.90. The summed E-state index contributed by atoms with van der Waals surface area (Å²) in [6.45, 7) is 6.79. The molecule has 6 nitrogen and oxygen atoms in total. The maximum absolute atomic E-state index is 12.6. The van der Waals surface area contributed by atoms with E-state index in [-0.39, 0.29) is 18.4 Å². The van der Waals surface area contributed by atoms with Crippen LogP contribution in [-0.4, -0.2) is 43.3 Å². The van der Waals surface area contributed by atoms with Gasteiger partial charge in [-0.1, -0.05) is 0 Å². The maximum Gasteiger partial charge on any atom is 0.338 e. The van der Waals surface area contributed by atoms with Gasteiger partial charge in [0.25, 0.3) is 0 Å². The second-order valence-corrected chi connectivity index (χ2v) is 6.88. The predicted molar refractivity (Wildman–Crippen MR) is 101 cm³/mol. The molecule has 0 saturated heterocycles. The number of aryl methyl sites for hydroxylation is 1. The highest BCUT2D eigenvalue weighted by Crippen LogP contribution is 2.26. The highest BCUT2D eigenvalue weighted by Gasteiger charge is 2.21. The number of esters is 1. The Bertz CT molecular complexity index is 868. The van der Waals surface area contributed by atoms with Crippen LogP contribution in [0.25, 0.3) is 0 Å². The second-order valence-electron chi connectivity index (χ2n) is 6.88. The molecule has 0 saturated carbocycles. The standard InChI is InChI=1S/C21H25NO5/c1-13-9-18(15(3)22(13)14(2)11-25-4)19(23)12-27-21(24)17-5-6-20-16(10-17)7-8-26-20/h5-6,9-10,14H,7-8,11-12H2,1-4H3. The van der Waals surface area contributed by atoms with Crippen molar-refractivity contribution in [2.45, 2.75) is 33.2 Å². The molecule has 0 bridgehead atoms. The Morgan fingerprint density at radius 2 is 2.04 bits per heavy atom. The lowest BCUT2D eigenvalue weighted by atomic mass is 10.1. The first-order chi connectivity index (χ1) is 12.9. The van der Waals surface area contributed by atoms with Crippen molar-refractivity contribution in [1.29, 1.82) is 0 Å². The Balaban J connectivity index is 1.67. The molecule has 2 aromatic rings. The van der Waals surface area contributed by atoms with Crippen LogP contribution >= 0.6 is 0 Å². The van der Waals surface area contributed by atoms with Crippen LogP contribution < -0.4 is 4.74 Å². The number of ketones is 1. The third-order valence-electron chi connectivity index (χ3n) is 4.89. The molecule has 0 spiro atoms. The number of Topliss-reactive ketones (excluding diaryl/α,β-unsaturated/α-hetero) is 1. The average Bonchev–Trinajstić information content (AvgIpc) is 3.22. The quantitative estimate of drug-likeness (QED) is 0.552. The fourth-order valence-electron chi connectivity index (χ4n) is 3.66. The van der Waals surface area contributed by atoms with Crippen molar-refractivity contribution in [2.75, 3.05) is 26.9 Å². The normalized spacial score (nSPS) is 13.8. The van der Waals surface area contributed by atoms with Crippen molar-refractivity contribution in [3.8, 4) is 5.75 Å². The van der Waals surface area contributed by atoms with Crippen LogP contribution in [0, 0.1) is 13.8 Å². The monoisotopic (exact) mass is 371 g/mol. The first-order valence-electron chi connectivity index (χ1n) is 9.05. The van der Waals surface area contributed by atoms with Gasteiger partial charge in [-0.3, -0.25) is 4.79 Å². The number of aromatic nitrogens is 1. The van der Waals surface area contributed by atoms with Crippen molar-refractivity contribution in [2.24, 2.45) is 0 Å². The molecule has 0 aliphatic carbocycles. The fourth-order valence-corrected chi connectivity index (χ4v) is 3.66. The van der Waals surface area contributed by atoms with Gasteiger partial charge in [0.1, 0.15) is 5.75 Å². The highest BCUT2D eigenvalue weighted by molar-refractivity contribution is 6.00. The van der Waals surface area contributed by atoms with Gasteiger partial charge in [-0.15, -0.1) is 0 Å². The van der Waals surface area contributed by atoms with Crippen molar-refractivity contribution in [1.82, 2.24) is 4.57 Å². The number of benzene rings is 1. The van der Waals surface area contributed by atoms with Crippen molar-refractivity contribution < 1.29 is 23.8 Å². The van der Waals surface area contributed by atoms with Crippen LogP contribution in [0.4, 0.5) is 0 Å². The number of ether oxygens (including phenoxy) is 3. The zero-order valence-corrected chi connectivity index (χ0v) is 16.2. The predicted octanol–water partition coefficient (Wildman–Crippen LogP) is 3.29. The number of methoxy groups -OCH3 is 1. The molecule has 0 N–H and O–H groups in total. The number of carbonyl (C=O) groups excluding carboxylic acids is 2. The van der Waals surface area contributed by atoms with E-state index >= 15 is 0 Å². The molecule has 1 aliphatic heterocycles. The zero-order valence-electron chi connectivity index (χ0n) is 16.2. The molecule has 3 rings (SSSR count). The lowest BCUT2D eigenvalue weighted by Crippen LogP contribution is -2.17. The third-order valence-corrected chi connectivity index (χ3v) is 4.89. The van der Waals surface area contributed by atoms with Crippen LogP contribution in [-0.2, 0) is 15.9 Å². The molecule has 144 valence electrons. The fraction of sp³-hybridized carbons (Fsp3) is 0.429. The van der Waals surface area contributed by atoms with E-state index in [0.29, 0.717) is 24.3 Å². The van der Waals surface area contributed by atoms with Crippen LogP contribution in [0.15, 0.2) is 24.3 Å². The average molecular weight is 371 g/mol. The minimum absolute atomic E-state index is 0.118. The molecule has 0 radical (unpaired) electrons. The smallest absolute Gasteiger partial charge is 0.338 e. The van der Waals surface area contributed by atoms with Crippen molar-refractivity contribution in [3.63, 3.8) is 0 Å². The van der Waals surface area contributed by atoms with Gasteiger partial charge in [-0.2, -0.15) is 0 Å². The lowest BCUT2D eigenvalue weighted by molar-refractivity contribution is 0.0474. The molecule has 2 heterocycles. The van der Waals surface area contributed by atoms with E-state index in [1.807, 2.05) is 26.8 Å². The summed E-state index contributed by atoms with van der Waals surface area (Å²) in [5.41, 5.74) is 3.83. The Morgan fingerprint density at radius 3 is 2.78 bits per heavy atom. The van der Waals surface area contributed by atoms with E-state index in [0.717, 1.165) is 29.1 Å². The van der Waals surface area contributed by atoms with E-state index in [4.69, 9.17) is 14.2 Å². The molecule has 1 aromatic carbocycles. The number of carbonyl (C=O) groups is 2. The number of nitrogens with zero attached hydrogens (tertiary/aromatic N) is 1. The first kappa shape index (κ1) is 19.2. The highest BCUT2D eigenvalue weighted by atomic mass is 16.5. The van der Waals surface area contributed by atoms with Gasteiger partial charge in [0.2, 0.25) is 5.78 Å². The summed E-state index contributed by atoms with van der Waals surface area (Å²) in [5, 5.41) is 0. The molecule has 1 aliphatic rings. The number of hydrogen-bond acceptors (Lipinski definition) is 5. The first-order valence-corrected chi connectivity index (χ1v) is 9.05. The molecular weight excluding hydrogens is 346 g/mol. The summed E-state index contributed by atoms with van der Waals surface area (Å²) < 4.78 is 18.0. The van der Waals surface area contributed by atoms with Gasteiger partial charge in [-0.25, -0.2) is 4.79 Å². The number of hydrogen-bond donors (Lipinski definition) is 0. The minimum atomic E-state index is -0.500. The van der Waals surface area contributed by atoms with Gasteiger partial charge >= 0.3 is 5.97 Å². The summed E-state index contributed by atoms with van der Waals surface area (Å²) in [6, 6.07) is 7.16. The van der Waals surface area contributed by atoms with E-state index in [2.05, 4.69) is 4.57 Å². The van der Waals surface area contributed by atoms with Gasteiger partial charge < -0.3 is 18.8 Å². The largest absolute Gasteiger partial charge is 0.493 e. The van der Waals surface area contributed by atoms with Crippen molar-refractivity contribution >= 4 is 11.8 Å². The van der Waals surface area contributed by atoms with E-state index in [9.17, 15) is 9.59 Å². The molecule has 1 aromatic heterocycles. The molecule has 1 atom stereocenters. The minimum Gasteiger partial charge on any atom is -0.493 e. The van der Waals surface area contributed by atoms with Crippen molar-refractivity contribution in [3.05, 3.63) is 52.3 Å². The summed E-state index contributed by atoms with van der Waals surface area (Å²) in [4.78, 5) is 24.9. The van der Waals surface area contributed by atoms with Gasteiger partial charge in [0.05, 0.1) is 24.8 Å². The molecule has 6 heteroatoms. The van der Waals surface area contributed by atoms with Gasteiger partial charge in [-0.05, 0) is 50.6 Å². The summed E-state index contributed by atoms with van der Waals surface area (Å²) in [7, 11) is 1.65.